The number of ether oxygens (including phenoxy) is 1. The minimum absolute atomic E-state index is 0.356. The number of carbonyl (C=O) groups is 1. The molecule has 3 rings (SSSR count). The van der Waals surface area contributed by atoms with Crippen LogP contribution in [0.5, 0.6) is 0 Å². The first-order valence-corrected chi connectivity index (χ1v) is 7.23. The van der Waals surface area contributed by atoms with E-state index in [0.717, 1.165) is 27.5 Å². The van der Waals surface area contributed by atoms with Gasteiger partial charge in [0.05, 0.1) is 23.3 Å². The number of aryl methyl sites for hydroxylation is 1. The van der Waals surface area contributed by atoms with Crippen LogP contribution < -0.4 is 0 Å². The van der Waals surface area contributed by atoms with Gasteiger partial charge >= 0.3 is 5.97 Å². The second kappa shape index (κ2) is 5.77. The lowest BCUT2D eigenvalue weighted by molar-refractivity contribution is -0.137. The van der Waals surface area contributed by atoms with E-state index in [4.69, 9.17) is 16.3 Å². The van der Waals surface area contributed by atoms with E-state index in [1.54, 1.807) is 23.9 Å². The number of esters is 1. The van der Waals surface area contributed by atoms with Crippen LogP contribution in [0.25, 0.3) is 28.0 Å². The molecule has 0 aliphatic heterocycles. The summed E-state index contributed by atoms with van der Waals surface area (Å²) in [7, 11) is 1.83. The van der Waals surface area contributed by atoms with Crippen molar-refractivity contribution in [3.8, 4) is 0 Å². The largest absolute Gasteiger partial charge is 0.463 e. The smallest absolute Gasteiger partial charge is 0.330 e. The normalized spacial score (nSPS) is 11.6. The summed E-state index contributed by atoms with van der Waals surface area (Å²) in [4.78, 5) is 15.9. The Hall–Kier alpha value is -2.40. The predicted octanol–water partition coefficient (Wildman–Crippen LogP) is 3.35. The Morgan fingerprint density at radius 1 is 1.41 bits per heavy atom. The molecular weight excluding hydrogens is 302 g/mol. The van der Waals surface area contributed by atoms with Crippen LogP contribution in [-0.4, -0.2) is 27.3 Å². The quantitative estimate of drug-likeness (QED) is 0.549. The zero-order valence-electron chi connectivity index (χ0n) is 12.2. The van der Waals surface area contributed by atoms with E-state index in [1.165, 1.54) is 6.08 Å². The summed E-state index contributed by atoms with van der Waals surface area (Å²) < 4.78 is 6.56. The third-order valence-electron chi connectivity index (χ3n) is 3.32. The highest BCUT2D eigenvalue weighted by Gasteiger charge is 2.11. The van der Waals surface area contributed by atoms with Crippen molar-refractivity contribution in [2.75, 3.05) is 6.61 Å². The Morgan fingerprint density at radius 3 is 3.00 bits per heavy atom. The molecular formula is C16H14ClN3O2. The van der Waals surface area contributed by atoms with Crippen molar-refractivity contribution in [3.05, 3.63) is 41.1 Å². The van der Waals surface area contributed by atoms with Crippen molar-refractivity contribution in [1.82, 2.24) is 14.8 Å². The molecule has 0 aliphatic carbocycles. The number of rotatable bonds is 3. The molecule has 5 nitrogen and oxygen atoms in total. The van der Waals surface area contributed by atoms with Crippen molar-refractivity contribution in [1.29, 1.82) is 0 Å². The Bertz CT molecular complexity index is 899. The SMILES string of the molecule is CCOC(=O)C=Cc1ccc2nc3cnn(C)c3c(Cl)c2c1. The highest BCUT2D eigenvalue weighted by Crippen LogP contribution is 2.30. The number of halogens is 1. The van der Waals surface area contributed by atoms with Gasteiger partial charge in [-0.1, -0.05) is 17.7 Å². The molecule has 0 unspecified atom stereocenters. The highest BCUT2D eigenvalue weighted by molar-refractivity contribution is 6.39. The summed E-state index contributed by atoms with van der Waals surface area (Å²) >= 11 is 6.49. The van der Waals surface area contributed by atoms with Gasteiger partial charge in [0.15, 0.2) is 0 Å². The average Bonchev–Trinajstić information content (AvgIpc) is 2.87. The van der Waals surface area contributed by atoms with Crippen LogP contribution in [0.1, 0.15) is 12.5 Å². The van der Waals surface area contributed by atoms with E-state index in [0.29, 0.717) is 11.6 Å². The molecule has 0 aliphatic rings. The average molecular weight is 316 g/mol. The van der Waals surface area contributed by atoms with Gasteiger partial charge in [-0.05, 0) is 30.7 Å². The van der Waals surface area contributed by atoms with Gasteiger partial charge < -0.3 is 4.74 Å². The molecule has 0 radical (unpaired) electrons. The number of pyridine rings is 1. The van der Waals surface area contributed by atoms with Crippen LogP contribution in [0.3, 0.4) is 0 Å². The Labute approximate surface area is 132 Å². The van der Waals surface area contributed by atoms with Gasteiger partial charge in [-0.3, -0.25) is 4.68 Å². The topological polar surface area (TPSA) is 57.0 Å². The lowest BCUT2D eigenvalue weighted by atomic mass is 10.1. The fourth-order valence-corrected chi connectivity index (χ4v) is 2.68. The van der Waals surface area contributed by atoms with Crippen molar-refractivity contribution in [2.45, 2.75) is 6.92 Å². The van der Waals surface area contributed by atoms with Gasteiger partial charge in [-0.15, -0.1) is 0 Å². The number of nitrogens with zero attached hydrogens (tertiary/aromatic N) is 3. The Balaban J connectivity index is 2.09. The van der Waals surface area contributed by atoms with Gasteiger partial charge in [-0.25, -0.2) is 9.78 Å². The molecule has 0 fully saturated rings. The van der Waals surface area contributed by atoms with Gasteiger partial charge in [0.1, 0.15) is 11.0 Å². The van der Waals surface area contributed by atoms with Crippen LogP contribution in [-0.2, 0) is 16.6 Å². The van der Waals surface area contributed by atoms with Gasteiger partial charge in [-0.2, -0.15) is 5.10 Å². The summed E-state index contributed by atoms with van der Waals surface area (Å²) in [5.74, 6) is -0.367. The zero-order valence-corrected chi connectivity index (χ0v) is 13.0. The molecule has 0 N–H and O–H groups in total. The molecule has 6 heteroatoms. The maximum absolute atomic E-state index is 11.4. The molecule has 0 bridgehead atoms. The number of aromatic nitrogens is 3. The van der Waals surface area contributed by atoms with Crippen molar-refractivity contribution in [3.63, 3.8) is 0 Å². The second-order valence-corrected chi connectivity index (χ2v) is 5.17. The molecule has 2 aromatic heterocycles. The van der Waals surface area contributed by atoms with Gasteiger partial charge in [0.25, 0.3) is 0 Å². The molecule has 2 heterocycles. The first-order chi connectivity index (χ1) is 10.6. The first kappa shape index (κ1) is 14.5. The third kappa shape index (κ3) is 2.55. The molecule has 0 spiro atoms. The van der Waals surface area contributed by atoms with Crippen LogP contribution in [0.15, 0.2) is 30.5 Å². The van der Waals surface area contributed by atoms with Crippen molar-refractivity contribution < 1.29 is 9.53 Å². The number of hydrogen-bond donors (Lipinski definition) is 0. The minimum atomic E-state index is -0.367. The molecule has 0 amide bonds. The van der Waals surface area contributed by atoms with Crippen molar-refractivity contribution >= 4 is 45.6 Å². The maximum atomic E-state index is 11.4. The van der Waals surface area contributed by atoms with Crippen LogP contribution >= 0.6 is 11.6 Å². The zero-order chi connectivity index (χ0) is 15.7. The maximum Gasteiger partial charge on any atom is 0.330 e. The van der Waals surface area contributed by atoms with Gasteiger partial charge in [0.2, 0.25) is 0 Å². The standard InChI is InChI=1S/C16H14ClN3O2/c1-3-22-14(21)7-5-10-4-6-12-11(8-10)15(17)16-13(19-12)9-18-20(16)2/h4-9H,3H2,1-2H3. The summed E-state index contributed by atoms with van der Waals surface area (Å²) in [6.45, 7) is 2.13. The molecule has 0 atom stereocenters. The van der Waals surface area contributed by atoms with E-state index < -0.39 is 0 Å². The third-order valence-corrected chi connectivity index (χ3v) is 3.71. The number of fused-ring (bicyclic) bond motifs is 2. The molecule has 3 aromatic rings. The van der Waals surface area contributed by atoms with Gasteiger partial charge in [0, 0.05) is 18.5 Å². The number of carbonyl (C=O) groups excluding carboxylic acids is 1. The number of benzene rings is 1. The van der Waals surface area contributed by atoms with Crippen LogP contribution in [0, 0.1) is 0 Å². The summed E-state index contributed by atoms with van der Waals surface area (Å²) in [6.07, 6.45) is 4.78. The first-order valence-electron chi connectivity index (χ1n) is 6.86. The summed E-state index contributed by atoms with van der Waals surface area (Å²) in [5, 5.41) is 5.60. The minimum Gasteiger partial charge on any atom is -0.463 e. The van der Waals surface area contributed by atoms with E-state index in [2.05, 4.69) is 10.1 Å². The van der Waals surface area contributed by atoms with Crippen molar-refractivity contribution in [2.24, 2.45) is 7.05 Å². The van der Waals surface area contributed by atoms with E-state index in [-0.39, 0.29) is 5.97 Å². The molecule has 112 valence electrons. The fourth-order valence-electron chi connectivity index (χ4n) is 2.30. The van der Waals surface area contributed by atoms with E-state index >= 15 is 0 Å². The monoisotopic (exact) mass is 315 g/mol. The molecule has 22 heavy (non-hydrogen) atoms. The molecule has 1 aromatic carbocycles. The summed E-state index contributed by atoms with van der Waals surface area (Å²) in [6, 6.07) is 5.65. The van der Waals surface area contributed by atoms with Crippen LogP contribution in [0.2, 0.25) is 5.02 Å². The van der Waals surface area contributed by atoms with E-state index in [1.807, 2.05) is 25.2 Å². The van der Waals surface area contributed by atoms with E-state index in [9.17, 15) is 4.79 Å². The molecule has 0 saturated carbocycles. The Morgan fingerprint density at radius 2 is 2.23 bits per heavy atom. The lowest BCUT2D eigenvalue weighted by Crippen LogP contribution is -1.98. The lowest BCUT2D eigenvalue weighted by Gasteiger charge is -2.04. The molecule has 0 saturated heterocycles. The second-order valence-electron chi connectivity index (χ2n) is 4.79. The Kier molecular flexibility index (Phi) is 3.81. The van der Waals surface area contributed by atoms with Crippen LogP contribution in [0.4, 0.5) is 0 Å². The number of hydrogen-bond acceptors (Lipinski definition) is 4. The fraction of sp³-hybridized carbons (Fsp3) is 0.188. The highest BCUT2D eigenvalue weighted by atomic mass is 35.5. The summed E-state index contributed by atoms with van der Waals surface area (Å²) in [5.41, 5.74) is 3.19. The predicted molar refractivity (Wildman–Crippen MR) is 86.7 cm³/mol.